The van der Waals surface area contributed by atoms with Crippen LogP contribution in [0.1, 0.15) is 43.7 Å². The van der Waals surface area contributed by atoms with Crippen LogP contribution >= 0.6 is 11.6 Å². The van der Waals surface area contributed by atoms with E-state index in [1.54, 1.807) is 7.11 Å². The van der Waals surface area contributed by atoms with Crippen molar-refractivity contribution < 1.29 is 9.47 Å². The predicted octanol–water partition coefficient (Wildman–Crippen LogP) is 3.70. The number of methoxy groups -OCH3 is 1. The number of nitrogens with two attached hydrogens (primary N) is 1. The minimum absolute atomic E-state index is 0.0324. The fourth-order valence-electron chi connectivity index (χ4n) is 2.59. The van der Waals surface area contributed by atoms with Crippen molar-refractivity contribution in [3.05, 3.63) is 28.8 Å². The fourth-order valence-corrected chi connectivity index (χ4v) is 2.77. The molecular formula is C15H22ClNO2. The Bertz CT molecular complexity index is 405. The third-order valence-corrected chi connectivity index (χ3v) is 3.89. The molecule has 0 radical (unpaired) electrons. The molecule has 0 amide bonds. The van der Waals surface area contributed by atoms with Crippen molar-refractivity contribution in [1.82, 2.24) is 0 Å². The Morgan fingerprint density at radius 1 is 1.53 bits per heavy atom. The Kier molecular flexibility index (Phi) is 5.49. The van der Waals surface area contributed by atoms with Gasteiger partial charge in [-0.15, -0.1) is 0 Å². The molecule has 19 heavy (non-hydrogen) atoms. The monoisotopic (exact) mass is 283 g/mol. The van der Waals surface area contributed by atoms with Crippen molar-refractivity contribution in [2.24, 2.45) is 5.73 Å². The Morgan fingerprint density at radius 3 is 3.05 bits per heavy atom. The second-order valence-corrected chi connectivity index (χ2v) is 5.50. The number of ether oxygens (including phenoxy) is 2. The van der Waals surface area contributed by atoms with Crippen LogP contribution in [0.4, 0.5) is 0 Å². The first-order valence-electron chi connectivity index (χ1n) is 6.91. The van der Waals surface area contributed by atoms with E-state index in [0.29, 0.717) is 11.1 Å². The van der Waals surface area contributed by atoms with Gasteiger partial charge < -0.3 is 15.2 Å². The lowest BCUT2D eigenvalue weighted by atomic mass is 9.99. The number of hydrogen-bond acceptors (Lipinski definition) is 3. The van der Waals surface area contributed by atoms with E-state index >= 15 is 0 Å². The SMILES string of the molecule is COc1ccc(Cl)cc1C(N)CCCC1CCCO1. The standard InChI is InChI=1S/C15H22ClNO2/c1-18-15-8-7-11(16)10-13(15)14(17)6-2-4-12-5-3-9-19-12/h7-8,10,12,14H,2-6,9,17H2,1H3. The predicted molar refractivity (Wildman–Crippen MR) is 77.8 cm³/mol. The van der Waals surface area contributed by atoms with E-state index in [1.807, 2.05) is 18.2 Å². The van der Waals surface area contributed by atoms with Gasteiger partial charge in [-0.1, -0.05) is 11.6 Å². The van der Waals surface area contributed by atoms with Crippen LogP contribution in [0.15, 0.2) is 18.2 Å². The number of benzene rings is 1. The van der Waals surface area contributed by atoms with Crippen LogP contribution in [-0.4, -0.2) is 19.8 Å². The van der Waals surface area contributed by atoms with Gasteiger partial charge >= 0.3 is 0 Å². The molecule has 0 aliphatic carbocycles. The highest BCUT2D eigenvalue weighted by Gasteiger charge is 2.17. The molecule has 2 rings (SSSR count). The molecule has 0 bridgehead atoms. The van der Waals surface area contributed by atoms with Crippen LogP contribution in [-0.2, 0) is 4.74 Å². The van der Waals surface area contributed by atoms with Crippen molar-refractivity contribution in [2.75, 3.05) is 13.7 Å². The van der Waals surface area contributed by atoms with E-state index in [4.69, 9.17) is 26.8 Å². The summed E-state index contributed by atoms with van der Waals surface area (Å²) in [5.41, 5.74) is 7.23. The maximum atomic E-state index is 6.25. The normalized spacial score (nSPS) is 20.5. The first-order chi connectivity index (χ1) is 9.20. The summed E-state index contributed by atoms with van der Waals surface area (Å²) in [5.74, 6) is 0.814. The average molecular weight is 284 g/mol. The molecule has 1 aromatic carbocycles. The quantitative estimate of drug-likeness (QED) is 0.866. The summed E-state index contributed by atoms with van der Waals surface area (Å²) in [4.78, 5) is 0. The highest BCUT2D eigenvalue weighted by molar-refractivity contribution is 6.30. The minimum Gasteiger partial charge on any atom is -0.496 e. The van der Waals surface area contributed by atoms with Gasteiger partial charge in [0.2, 0.25) is 0 Å². The van der Waals surface area contributed by atoms with Gasteiger partial charge in [0.1, 0.15) is 5.75 Å². The molecule has 1 aliphatic rings. The van der Waals surface area contributed by atoms with Crippen LogP contribution in [0.3, 0.4) is 0 Å². The molecule has 2 atom stereocenters. The molecule has 1 aliphatic heterocycles. The van der Waals surface area contributed by atoms with Crippen molar-refractivity contribution in [3.8, 4) is 5.75 Å². The zero-order valence-corrected chi connectivity index (χ0v) is 12.2. The van der Waals surface area contributed by atoms with Crippen LogP contribution in [0.5, 0.6) is 5.75 Å². The zero-order valence-electron chi connectivity index (χ0n) is 11.4. The molecule has 1 heterocycles. The Balaban J connectivity index is 1.87. The van der Waals surface area contributed by atoms with Gasteiger partial charge in [0.15, 0.2) is 0 Å². The molecule has 0 aromatic heterocycles. The Labute approximate surface area is 120 Å². The van der Waals surface area contributed by atoms with E-state index < -0.39 is 0 Å². The molecule has 1 fully saturated rings. The maximum absolute atomic E-state index is 6.25. The number of halogens is 1. The van der Waals surface area contributed by atoms with Crippen LogP contribution in [0.25, 0.3) is 0 Å². The first-order valence-corrected chi connectivity index (χ1v) is 7.29. The highest BCUT2D eigenvalue weighted by atomic mass is 35.5. The molecule has 1 saturated heterocycles. The average Bonchev–Trinajstić information content (AvgIpc) is 2.91. The molecule has 1 aromatic rings. The summed E-state index contributed by atoms with van der Waals surface area (Å²) in [5, 5.41) is 0.699. The van der Waals surface area contributed by atoms with E-state index in [-0.39, 0.29) is 6.04 Å². The molecule has 4 heteroatoms. The van der Waals surface area contributed by atoms with Crippen LogP contribution in [0.2, 0.25) is 5.02 Å². The summed E-state index contributed by atoms with van der Waals surface area (Å²) in [6.45, 7) is 0.916. The molecular weight excluding hydrogens is 262 g/mol. The largest absolute Gasteiger partial charge is 0.496 e. The van der Waals surface area contributed by atoms with Crippen molar-refractivity contribution in [3.63, 3.8) is 0 Å². The van der Waals surface area contributed by atoms with Crippen molar-refractivity contribution in [1.29, 1.82) is 0 Å². The van der Waals surface area contributed by atoms with Crippen LogP contribution < -0.4 is 10.5 Å². The second kappa shape index (κ2) is 7.13. The molecule has 2 N–H and O–H groups in total. The minimum atomic E-state index is -0.0324. The molecule has 0 spiro atoms. The van der Waals surface area contributed by atoms with Gasteiger partial charge in [-0.3, -0.25) is 0 Å². The molecule has 2 unspecified atom stereocenters. The zero-order chi connectivity index (χ0) is 13.7. The Hall–Kier alpha value is -0.770. The van der Waals surface area contributed by atoms with E-state index in [2.05, 4.69) is 0 Å². The summed E-state index contributed by atoms with van der Waals surface area (Å²) >= 11 is 6.02. The van der Waals surface area contributed by atoms with Gasteiger partial charge in [-0.05, 0) is 50.3 Å². The molecule has 0 saturated carbocycles. The summed E-state index contributed by atoms with van der Waals surface area (Å²) in [6.07, 6.45) is 5.91. The van der Waals surface area contributed by atoms with Crippen molar-refractivity contribution >= 4 is 11.6 Å². The van der Waals surface area contributed by atoms with E-state index in [9.17, 15) is 0 Å². The Morgan fingerprint density at radius 2 is 2.37 bits per heavy atom. The van der Waals surface area contributed by atoms with E-state index in [0.717, 1.165) is 37.2 Å². The summed E-state index contributed by atoms with van der Waals surface area (Å²) in [7, 11) is 1.66. The van der Waals surface area contributed by atoms with Gasteiger partial charge in [-0.2, -0.15) is 0 Å². The third-order valence-electron chi connectivity index (χ3n) is 3.66. The van der Waals surface area contributed by atoms with Crippen LogP contribution in [0, 0.1) is 0 Å². The topological polar surface area (TPSA) is 44.5 Å². The number of hydrogen-bond donors (Lipinski definition) is 1. The third kappa shape index (κ3) is 4.10. The van der Waals surface area contributed by atoms with Gasteiger partial charge in [0, 0.05) is 23.2 Å². The van der Waals surface area contributed by atoms with E-state index in [1.165, 1.54) is 12.8 Å². The fraction of sp³-hybridized carbons (Fsp3) is 0.600. The lowest BCUT2D eigenvalue weighted by Gasteiger charge is -2.17. The van der Waals surface area contributed by atoms with Gasteiger partial charge in [-0.25, -0.2) is 0 Å². The maximum Gasteiger partial charge on any atom is 0.123 e. The van der Waals surface area contributed by atoms with Gasteiger partial charge in [0.25, 0.3) is 0 Å². The highest BCUT2D eigenvalue weighted by Crippen LogP contribution is 2.30. The molecule has 3 nitrogen and oxygen atoms in total. The lowest BCUT2D eigenvalue weighted by Crippen LogP contribution is -2.13. The second-order valence-electron chi connectivity index (χ2n) is 5.06. The first kappa shape index (κ1) is 14.6. The molecule has 106 valence electrons. The summed E-state index contributed by atoms with van der Waals surface area (Å²) in [6, 6.07) is 5.56. The van der Waals surface area contributed by atoms with Crippen molar-refractivity contribution in [2.45, 2.75) is 44.2 Å². The number of rotatable bonds is 6. The lowest BCUT2D eigenvalue weighted by molar-refractivity contribution is 0.101. The van der Waals surface area contributed by atoms with Gasteiger partial charge in [0.05, 0.1) is 13.2 Å². The summed E-state index contributed by atoms with van der Waals surface area (Å²) < 4.78 is 11.0. The smallest absolute Gasteiger partial charge is 0.123 e.